The van der Waals surface area contributed by atoms with Gasteiger partial charge in [0.25, 0.3) is 0 Å². The van der Waals surface area contributed by atoms with Crippen LogP contribution in [0.25, 0.3) is 22.3 Å². The predicted molar refractivity (Wildman–Crippen MR) is 172 cm³/mol. The molecule has 0 aliphatic carbocycles. The molecule has 2 saturated heterocycles. The second-order valence-electron chi connectivity index (χ2n) is 12.4. The number of likely N-dealkylation sites (tertiary alicyclic amines) is 2. The standard InChI is InChI=1S/C37H43F3N2O3/c1-3-18-41-20-8-12-29(24-41)35(43)28-15-17-34(45-37(38,39)40)33(23-28)27-14-16-31(32(22-27)26-10-6-5-7-11-26)36(44)30-13-9-21-42(25-30)19-4-2/h5-7,10-11,14-17,22-23,29-30H,3-4,8-9,12-13,18-21,24-25H2,1-2H3. The largest absolute Gasteiger partial charge is 0.573 e. The van der Waals surface area contributed by atoms with Crippen LogP contribution in [-0.4, -0.2) is 67.0 Å². The minimum Gasteiger partial charge on any atom is -0.405 e. The van der Waals surface area contributed by atoms with Crippen LogP contribution in [0.3, 0.4) is 0 Å². The first-order valence-corrected chi connectivity index (χ1v) is 16.3. The Bertz CT molecular complexity index is 1470. The maximum atomic E-state index is 14.0. The minimum atomic E-state index is -4.91. The highest BCUT2D eigenvalue weighted by Crippen LogP contribution is 2.39. The summed E-state index contributed by atoms with van der Waals surface area (Å²) >= 11 is 0. The molecule has 2 aliphatic rings. The lowest BCUT2D eigenvalue weighted by Gasteiger charge is -2.32. The van der Waals surface area contributed by atoms with Gasteiger partial charge in [0, 0.05) is 41.6 Å². The Balaban J connectivity index is 1.55. The number of piperidine rings is 2. The summed E-state index contributed by atoms with van der Waals surface area (Å²) in [4.78, 5) is 32.3. The minimum absolute atomic E-state index is 0.0471. The van der Waals surface area contributed by atoms with E-state index in [0.29, 0.717) is 35.3 Å². The Morgan fingerprint density at radius 3 is 1.98 bits per heavy atom. The molecule has 2 unspecified atom stereocenters. The van der Waals surface area contributed by atoms with Gasteiger partial charge in [-0.15, -0.1) is 13.2 Å². The van der Waals surface area contributed by atoms with Gasteiger partial charge in [-0.05, 0) is 106 Å². The third kappa shape index (κ3) is 8.22. The number of alkyl halides is 3. The van der Waals surface area contributed by atoms with Crippen molar-refractivity contribution in [3.8, 4) is 28.0 Å². The molecule has 0 N–H and O–H groups in total. The smallest absolute Gasteiger partial charge is 0.405 e. The fraction of sp³-hybridized carbons (Fsp3) is 0.459. The van der Waals surface area contributed by atoms with Gasteiger partial charge in [-0.3, -0.25) is 9.59 Å². The maximum Gasteiger partial charge on any atom is 0.573 e. The summed E-state index contributed by atoms with van der Waals surface area (Å²) in [6.45, 7) is 9.38. The molecule has 2 fully saturated rings. The van der Waals surface area contributed by atoms with E-state index >= 15 is 0 Å². The molecule has 0 amide bonds. The first kappa shape index (κ1) is 32.9. The summed E-state index contributed by atoms with van der Waals surface area (Å²) in [5.74, 6) is -0.761. The van der Waals surface area contributed by atoms with Crippen LogP contribution >= 0.6 is 0 Å². The molecule has 0 spiro atoms. The van der Waals surface area contributed by atoms with E-state index in [2.05, 4.69) is 28.4 Å². The van der Waals surface area contributed by atoms with Crippen molar-refractivity contribution in [2.24, 2.45) is 11.8 Å². The van der Waals surface area contributed by atoms with E-state index in [1.807, 2.05) is 30.3 Å². The number of nitrogens with zero attached hydrogens (tertiary/aromatic N) is 2. The van der Waals surface area contributed by atoms with Crippen LogP contribution in [0.4, 0.5) is 13.2 Å². The first-order valence-electron chi connectivity index (χ1n) is 16.3. The predicted octanol–water partition coefficient (Wildman–Crippen LogP) is 8.53. The van der Waals surface area contributed by atoms with Gasteiger partial charge in [-0.1, -0.05) is 56.3 Å². The zero-order chi connectivity index (χ0) is 32.0. The van der Waals surface area contributed by atoms with Crippen molar-refractivity contribution in [2.75, 3.05) is 39.3 Å². The van der Waals surface area contributed by atoms with Gasteiger partial charge in [0.15, 0.2) is 11.6 Å². The summed E-state index contributed by atoms with van der Waals surface area (Å²) in [5.41, 5.74) is 2.99. The second-order valence-corrected chi connectivity index (χ2v) is 12.4. The quantitative estimate of drug-likeness (QED) is 0.201. The number of ether oxygens (including phenoxy) is 1. The van der Waals surface area contributed by atoms with Crippen LogP contribution < -0.4 is 4.74 Å². The molecule has 2 heterocycles. The van der Waals surface area contributed by atoms with E-state index in [9.17, 15) is 22.8 Å². The number of hydrogen-bond acceptors (Lipinski definition) is 5. The van der Waals surface area contributed by atoms with Crippen LogP contribution in [0.2, 0.25) is 0 Å². The first-order chi connectivity index (χ1) is 21.7. The second kappa shape index (κ2) is 14.7. The average molecular weight is 621 g/mol. The summed E-state index contributed by atoms with van der Waals surface area (Å²) in [6, 6.07) is 18.8. The van der Waals surface area contributed by atoms with E-state index in [4.69, 9.17) is 0 Å². The fourth-order valence-corrected chi connectivity index (χ4v) is 6.94. The van der Waals surface area contributed by atoms with Crippen LogP contribution in [0, 0.1) is 11.8 Å². The van der Waals surface area contributed by atoms with Crippen molar-refractivity contribution >= 4 is 11.6 Å². The van der Waals surface area contributed by atoms with E-state index in [-0.39, 0.29) is 34.7 Å². The van der Waals surface area contributed by atoms with Gasteiger partial charge in [-0.25, -0.2) is 0 Å². The van der Waals surface area contributed by atoms with E-state index < -0.39 is 6.36 Å². The Kier molecular flexibility index (Phi) is 10.8. The lowest BCUT2D eigenvalue weighted by Crippen LogP contribution is -2.39. The maximum absolute atomic E-state index is 14.0. The summed E-state index contributed by atoms with van der Waals surface area (Å²) in [6.07, 6.45) is 0.520. The number of hydrogen-bond donors (Lipinski definition) is 0. The van der Waals surface area contributed by atoms with Gasteiger partial charge in [0.1, 0.15) is 5.75 Å². The highest BCUT2D eigenvalue weighted by molar-refractivity contribution is 6.05. The lowest BCUT2D eigenvalue weighted by atomic mass is 9.84. The fourth-order valence-electron chi connectivity index (χ4n) is 6.94. The molecule has 0 bridgehead atoms. The number of benzene rings is 3. The molecule has 2 aliphatic heterocycles. The molecular formula is C37H43F3N2O3. The Labute approximate surface area is 264 Å². The third-order valence-electron chi connectivity index (χ3n) is 9.00. The molecule has 5 rings (SSSR count). The average Bonchev–Trinajstić information content (AvgIpc) is 3.04. The SMILES string of the molecule is CCCN1CCCC(C(=O)c2ccc(OC(F)(F)F)c(-c3ccc(C(=O)C4CCCN(CCC)C4)c(-c4ccccc4)c3)c2)C1. The van der Waals surface area contributed by atoms with Crippen molar-refractivity contribution in [1.29, 1.82) is 0 Å². The number of carbonyl (C=O) groups is 2. The highest BCUT2D eigenvalue weighted by atomic mass is 19.4. The molecule has 5 nitrogen and oxygen atoms in total. The van der Waals surface area contributed by atoms with Crippen molar-refractivity contribution < 1.29 is 27.5 Å². The molecule has 0 radical (unpaired) electrons. The van der Waals surface area contributed by atoms with Crippen molar-refractivity contribution in [2.45, 2.75) is 58.7 Å². The van der Waals surface area contributed by atoms with Gasteiger partial charge in [0.2, 0.25) is 0 Å². The number of halogens is 3. The van der Waals surface area contributed by atoms with Crippen LogP contribution in [0.1, 0.15) is 73.1 Å². The van der Waals surface area contributed by atoms with Gasteiger partial charge >= 0.3 is 6.36 Å². The van der Waals surface area contributed by atoms with Crippen molar-refractivity contribution in [3.63, 3.8) is 0 Å². The topological polar surface area (TPSA) is 49.9 Å². The van der Waals surface area contributed by atoms with Gasteiger partial charge < -0.3 is 14.5 Å². The highest BCUT2D eigenvalue weighted by Gasteiger charge is 2.34. The lowest BCUT2D eigenvalue weighted by molar-refractivity contribution is -0.274. The summed E-state index contributed by atoms with van der Waals surface area (Å²) < 4.78 is 45.2. The number of ketones is 2. The number of Topliss-reactive ketones (excluding diaryl/α,β-unsaturated/α-hetero) is 2. The van der Waals surface area contributed by atoms with Gasteiger partial charge in [-0.2, -0.15) is 0 Å². The Hall–Kier alpha value is -3.49. The molecule has 45 heavy (non-hydrogen) atoms. The molecule has 240 valence electrons. The van der Waals surface area contributed by atoms with E-state index in [1.54, 1.807) is 18.2 Å². The number of carbonyl (C=O) groups excluding carboxylic acids is 2. The third-order valence-corrected chi connectivity index (χ3v) is 9.00. The van der Waals surface area contributed by atoms with Crippen molar-refractivity contribution in [1.82, 2.24) is 9.80 Å². The van der Waals surface area contributed by atoms with E-state index in [0.717, 1.165) is 70.3 Å². The van der Waals surface area contributed by atoms with Crippen LogP contribution in [0.15, 0.2) is 66.7 Å². The summed E-state index contributed by atoms with van der Waals surface area (Å²) in [5, 5.41) is 0. The zero-order valence-electron chi connectivity index (χ0n) is 26.2. The molecule has 8 heteroatoms. The molecule has 3 aromatic carbocycles. The molecule has 0 saturated carbocycles. The van der Waals surface area contributed by atoms with Crippen molar-refractivity contribution in [3.05, 3.63) is 77.9 Å². The Morgan fingerprint density at radius 2 is 1.38 bits per heavy atom. The zero-order valence-corrected chi connectivity index (χ0v) is 26.2. The molecular weight excluding hydrogens is 577 g/mol. The summed E-state index contributed by atoms with van der Waals surface area (Å²) in [7, 11) is 0. The van der Waals surface area contributed by atoms with Crippen LogP contribution in [-0.2, 0) is 0 Å². The monoisotopic (exact) mass is 620 g/mol. The van der Waals surface area contributed by atoms with Gasteiger partial charge in [0.05, 0.1) is 0 Å². The molecule has 0 aromatic heterocycles. The molecule has 2 atom stereocenters. The molecule has 3 aromatic rings. The normalized spacial score (nSPS) is 19.8. The van der Waals surface area contributed by atoms with Crippen LogP contribution in [0.5, 0.6) is 5.75 Å². The van der Waals surface area contributed by atoms with E-state index in [1.165, 1.54) is 18.2 Å². The Morgan fingerprint density at radius 1 is 0.756 bits per heavy atom. The number of rotatable bonds is 11.